The Hall–Kier alpha value is -0.990. The summed E-state index contributed by atoms with van der Waals surface area (Å²) in [6.45, 7) is 0. The summed E-state index contributed by atoms with van der Waals surface area (Å²) >= 11 is 3.78. The van der Waals surface area contributed by atoms with Gasteiger partial charge in [-0.15, -0.1) is 11.3 Å². The molecular formula is C12H9BrF4N2S. The molecule has 2 aromatic rings. The molecular weight excluding hydrogens is 360 g/mol. The van der Waals surface area contributed by atoms with E-state index in [0.717, 1.165) is 0 Å². The number of hydrogen-bond acceptors (Lipinski definition) is 3. The van der Waals surface area contributed by atoms with Crippen LogP contribution in [0.4, 0.5) is 17.6 Å². The highest BCUT2D eigenvalue weighted by Gasteiger charge is 2.35. The highest BCUT2D eigenvalue weighted by atomic mass is 79.9. The molecule has 1 unspecified atom stereocenters. The van der Waals surface area contributed by atoms with Crippen LogP contribution in [-0.4, -0.2) is 12.0 Å². The molecule has 0 saturated carbocycles. The molecule has 2 nitrogen and oxygen atoms in total. The Bertz CT molecular complexity index is 612. The van der Waals surface area contributed by atoms with Crippen LogP contribution in [0.1, 0.15) is 21.5 Å². The van der Waals surface area contributed by atoms with E-state index < -0.39 is 23.0 Å². The summed E-state index contributed by atoms with van der Waals surface area (Å²) in [5.41, 5.74) is 0.645. The Labute approximate surface area is 125 Å². The lowest BCUT2D eigenvalue weighted by Gasteiger charge is -2.16. The van der Waals surface area contributed by atoms with Gasteiger partial charge in [0.05, 0.1) is 6.04 Å². The third kappa shape index (κ3) is 3.18. The average Bonchev–Trinajstić information content (AvgIpc) is 2.82. The fourth-order valence-corrected chi connectivity index (χ4v) is 3.23. The summed E-state index contributed by atoms with van der Waals surface area (Å²) < 4.78 is 51.3. The van der Waals surface area contributed by atoms with Gasteiger partial charge in [0.15, 0.2) is 5.01 Å². The lowest BCUT2D eigenvalue weighted by molar-refractivity contribution is -0.137. The summed E-state index contributed by atoms with van der Waals surface area (Å²) in [6, 6.07) is 3.56. The smallest absolute Gasteiger partial charge is 0.309 e. The average molecular weight is 369 g/mol. The number of benzene rings is 1. The predicted octanol–water partition coefficient (Wildman–Crippen LogP) is 4.37. The van der Waals surface area contributed by atoms with Crippen molar-refractivity contribution in [3.8, 4) is 0 Å². The molecule has 0 amide bonds. The van der Waals surface area contributed by atoms with E-state index in [0.29, 0.717) is 26.3 Å². The van der Waals surface area contributed by atoms with Crippen molar-refractivity contribution < 1.29 is 17.6 Å². The van der Waals surface area contributed by atoms with Crippen molar-refractivity contribution in [2.45, 2.75) is 12.2 Å². The van der Waals surface area contributed by atoms with E-state index in [2.05, 4.69) is 26.2 Å². The molecule has 1 N–H and O–H groups in total. The molecule has 0 radical (unpaired) electrons. The normalized spacial score (nSPS) is 13.5. The van der Waals surface area contributed by atoms with E-state index in [1.54, 1.807) is 7.05 Å². The second-order valence-corrected chi connectivity index (χ2v) is 5.87. The first kappa shape index (κ1) is 15.4. The first-order chi connectivity index (χ1) is 9.32. The molecule has 1 aromatic carbocycles. The molecule has 0 bridgehead atoms. The SMILES string of the molecule is CNC(c1cnc(C(F)(F)F)s1)c1ccc(F)cc1Br. The van der Waals surface area contributed by atoms with Crippen molar-refractivity contribution in [3.05, 3.63) is 50.1 Å². The first-order valence-electron chi connectivity index (χ1n) is 5.48. The van der Waals surface area contributed by atoms with Crippen LogP contribution in [0.3, 0.4) is 0 Å². The minimum atomic E-state index is -4.46. The summed E-state index contributed by atoms with van der Waals surface area (Å²) in [6.07, 6.45) is -3.27. The van der Waals surface area contributed by atoms with Gasteiger partial charge in [-0.25, -0.2) is 9.37 Å². The van der Waals surface area contributed by atoms with Crippen LogP contribution < -0.4 is 5.32 Å². The number of halogens is 5. The Balaban J connectivity index is 2.40. The molecule has 108 valence electrons. The fourth-order valence-electron chi connectivity index (χ4n) is 1.74. The summed E-state index contributed by atoms with van der Waals surface area (Å²) in [4.78, 5) is 3.80. The van der Waals surface area contributed by atoms with Crippen LogP contribution in [0.25, 0.3) is 0 Å². The molecule has 0 aliphatic heterocycles. The van der Waals surface area contributed by atoms with Gasteiger partial charge in [0, 0.05) is 15.5 Å². The van der Waals surface area contributed by atoms with Gasteiger partial charge in [0.25, 0.3) is 0 Å². The molecule has 20 heavy (non-hydrogen) atoms. The van der Waals surface area contributed by atoms with Crippen LogP contribution in [0, 0.1) is 5.82 Å². The van der Waals surface area contributed by atoms with Gasteiger partial charge < -0.3 is 5.32 Å². The van der Waals surface area contributed by atoms with Gasteiger partial charge in [0.1, 0.15) is 5.82 Å². The minimum Gasteiger partial charge on any atom is -0.309 e. The zero-order valence-corrected chi connectivity index (χ0v) is 12.5. The molecule has 0 saturated heterocycles. The van der Waals surface area contributed by atoms with Gasteiger partial charge in [-0.05, 0) is 24.7 Å². The molecule has 8 heteroatoms. The predicted molar refractivity (Wildman–Crippen MR) is 72.1 cm³/mol. The molecule has 0 fully saturated rings. The Morgan fingerprint density at radius 3 is 2.55 bits per heavy atom. The van der Waals surface area contributed by atoms with Gasteiger partial charge in [0.2, 0.25) is 0 Å². The van der Waals surface area contributed by atoms with Crippen molar-refractivity contribution in [1.29, 1.82) is 0 Å². The minimum absolute atomic E-state index is 0.409. The quantitative estimate of drug-likeness (QED) is 0.813. The third-order valence-corrected chi connectivity index (χ3v) is 4.41. The van der Waals surface area contributed by atoms with Crippen molar-refractivity contribution >= 4 is 27.3 Å². The maximum Gasteiger partial charge on any atom is 0.443 e. The zero-order valence-electron chi connectivity index (χ0n) is 10.1. The molecule has 2 rings (SSSR count). The van der Waals surface area contributed by atoms with Crippen molar-refractivity contribution in [2.24, 2.45) is 0 Å². The van der Waals surface area contributed by atoms with Crippen molar-refractivity contribution in [3.63, 3.8) is 0 Å². The van der Waals surface area contributed by atoms with Crippen LogP contribution in [0.5, 0.6) is 0 Å². The third-order valence-electron chi connectivity index (χ3n) is 2.61. The van der Waals surface area contributed by atoms with Crippen LogP contribution in [0.15, 0.2) is 28.9 Å². The number of nitrogens with zero attached hydrogens (tertiary/aromatic N) is 1. The van der Waals surface area contributed by atoms with E-state index in [1.807, 2.05) is 0 Å². The van der Waals surface area contributed by atoms with E-state index in [4.69, 9.17) is 0 Å². The lowest BCUT2D eigenvalue weighted by Crippen LogP contribution is -2.17. The summed E-state index contributed by atoms with van der Waals surface area (Å²) in [5, 5.41) is 2.01. The number of nitrogens with one attached hydrogen (secondary N) is 1. The topological polar surface area (TPSA) is 24.9 Å². The number of alkyl halides is 3. The highest BCUT2D eigenvalue weighted by molar-refractivity contribution is 9.10. The van der Waals surface area contributed by atoms with Crippen molar-refractivity contribution in [2.75, 3.05) is 7.05 Å². The van der Waals surface area contributed by atoms with Crippen LogP contribution in [0.2, 0.25) is 0 Å². The monoisotopic (exact) mass is 368 g/mol. The Kier molecular flexibility index (Phi) is 4.46. The van der Waals surface area contributed by atoms with E-state index in [1.165, 1.54) is 24.4 Å². The van der Waals surface area contributed by atoms with Gasteiger partial charge >= 0.3 is 6.18 Å². The summed E-state index contributed by atoms with van der Waals surface area (Å²) in [5.74, 6) is -0.421. The van der Waals surface area contributed by atoms with E-state index in [-0.39, 0.29) is 0 Å². The lowest BCUT2D eigenvalue weighted by atomic mass is 10.1. The Morgan fingerprint density at radius 1 is 1.35 bits per heavy atom. The van der Waals surface area contributed by atoms with Gasteiger partial charge in [-0.2, -0.15) is 13.2 Å². The summed E-state index contributed by atoms with van der Waals surface area (Å²) in [7, 11) is 1.62. The standard InChI is InChI=1S/C12H9BrF4N2S/c1-18-10(7-3-2-6(14)4-8(7)13)9-5-19-11(20-9)12(15,16)17/h2-5,10,18H,1H3. The van der Waals surface area contributed by atoms with Crippen LogP contribution >= 0.6 is 27.3 Å². The second-order valence-electron chi connectivity index (χ2n) is 3.95. The Morgan fingerprint density at radius 2 is 2.05 bits per heavy atom. The number of thiazole rings is 1. The van der Waals surface area contributed by atoms with Crippen molar-refractivity contribution in [1.82, 2.24) is 10.3 Å². The zero-order chi connectivity index (χ0) is 14.9. The van der Waals surface area contributed by atoms with Gasteiger partial charge in [-0.3, -0.25) is 0 Å². The largest absolute Gasteiger partial charge is 0.443 e. The fraction of sp³-hybridized carbons (Fsp3) is 0.250. The van der Waals surface area contributed by atoms with E-state index in [9.17, 15) is 17.6 Å². The maximum atomic E-state index is 13.1. The van der Waals surface area contributed by atoms with E-state index >= 15 is 0 Å². The number of rotatable bonds is 3. The number of aromatic nitrogens is 1. The molecule has 0 aliphatic rings. The molecule has 0 aliphatic carbocycles. The molecule has 0 spiro atoms. The maximum absolute atomic E-state index is 13.1. The molecule has 1 heterocycles. The number of hydrogen-bond donors (Lipinski definition) is 1. The second kappa shape index (κ2) is 5.79. The molecule has 1 aromatic heterocycles. The highest BCUT2D eigenvalue weighted by Crippen LogP contribution is 2.37. The van der Waals surface area contributed by atoms with Gasteiger partial charge in [-0.1, -0.05) is 22.0 Å². The molecule has 1 atom stereocenters. The first-order valence-corrected chi connectivity index (χ1v) is 7.09. The van der Waals surface area contributed by atoms with Crippen LogP contribution in [-0.2, 0) is 6.18 Å².